The fraction of sp³-hybridized carbons (Fsp3) is 0.250. The van der Waals surface area contributed by atoms with Gasteiger partial charge in [-0.3, -0.25) is 9.69 Å². The minimum atomic E-state index is -0.154. The van der Waals surface area contributed by atoms with Gasteiger partial charge in [0, 0.05) is 43.3 Å². The minimum Gasteiger partial charge on any atom is -0.361 e. The fourth-order valence-electron chi connectivity index (χ4n) is 4.75. The Balaban J connectivity index is 1.37. The minimum absolute atomic E-state index is 0.154. The van der Waals surface area contributed by atoms with Crippen LogP contribution in [0.25, 0.3) is 10.9 Å². The zero-order chi connectivity index (χ0) is 21.8. The van der Waals surface area contributed by atoms with Crippen molar-refractivity contribution in [3.63, 3.8) is 0 Å². The van der Waals surface area contributed by atoms with Gasteiger partial charge in [-0.2, -0.15) is 0 Å². The molecule has 1 N–H and O–H groups in total. The number of nitrogens with zero attached hydrogens (tertiary/aromatic N) is 2. The molecule has 4 heteroatoms. The first-order valence-electron chi connectivity index (χ1n) is 11.4. The second-order valence-electron chi connectivity index (χ2n) is 8.60. The molecule has 1 saturated heterocycles. The molecule has 0 aliphatic carbocycles. The Bertz CT molecular complexity index is 1170. The highest BCUT2D eigenvalue weighted by molar-refractivity contribution is 5.86. The molecule has 1 unspecified atom stereocenters. The van der Waals surface area contributed by atoms with Gasteiger partial charge in [0.25, 0.3) is 0 Å². The van der Waals surface area contributed by atoms with E-state index in [4.69, 9.17) is 0 Å². The Morgan fingerprint density at radius 2 is 1.50 bits per heavy atom. The number of hydrogen-bond acceptors (Lipinski definition) is 2. The van der Waals surface area contributed by atoms with Gasteiger partial charge in [-0.05, 0) is 35.6 Å². The van der Waals surface area contributed by atoms with E-state index in [0.29, 0.717) is 0 Å². The lowest BCUT2D eigenvalue weighted by Crippen LogP contribution is -2.57. The lowest BCUT2D eigenvalue weighted by Gasteiger charge is -2.41. The third-order valence-electron chi connectivity index (χ3n) is 6.52. The van der Waals surface area contributed by atoms with E-state index in [2.05, 4.69) is 87.7 Å². The van der Waals surface area contributed by atoms with Crippen LogP contribution >= 0.6 is 0 Å². The summed E-state index contributed by atoms with van der Waals surface area (Å²) in [6, 6.07) is 29.1. The SMILES string of the molecule is O=C1C(Cc2c[nH]c3ccccc23)N(Cc2ccccc2)CCN1CCc1ccccc1. The second-order valence-corrected chi connectivity index (χ2v) is 8.60. The lowest BCUT2D eigenvalue weighted by atomic mass is 9.99. The topological polar surface area (TPSA) is 39.3 Å². The molecule has 1 fully saturated rings. The highest BCUT2D eigenvalue weighted by Crippen LogP contribution is 2.24. The molecule has 4 nitrogen and oxygen atoms in total. The van der Waals surface area contributed by atoms with Gasteiger partial charge in [0.2, 0.25) is 5.91 Å². The van der Waals surface area contributed by atoms with Crippen molar-refractivity contribution in [3.8, 4) is 0 Å². The molecule has 5 rings (SSSR count). The van der Waals surface area contributed by atoms with Crippen molar-refractivity contribution in [2.24, 2.45) is 0 Å². The smallest absolute Gasteiger partial charge is 0.240 e. The third-order valence-corrected chi connectivity index (χ3v) is 6.52. The highest BCUT2D eigenvalue weighted by Gasteiger charge is 2.35. The molecule has 0 spiro atoms. The van der Waals surface area contributed by atoms with Crippen molar-refractivity contribution < 1.29 is 4.79 Å². The second kappa shape index (κ2) is 9.41. The molecular weight excluding hydrogens is 394 g/mol. The number of H-pyrrole nitrogens is 1. The number of rotatable bonds is 7. The van der Waals surface area contributed by atoms with Gasteiger partial charge in [0.15, 0.2) is 0 Å². The van der Waals surface area contributed by atoms with E-state index in [1.54, 1.807) is 0 Å². The van der Waals surface area contributed by atoms with Crippen LogP contribution in [0.2, 0.25) is 0 Å². The van der Waals surface area contributed by atoms with Crippen LogP contribution in [-0.4, -0.2) is 46.4 Å². The number of hydrogen-bond donors (Lipinski definition) is 1. The molecule has 1 aliphatic rings. The van der Waals surface area contributed by atoms with Crippen LogP contribution in [0.5, 0.6) is 0 Å². The molecule has 1 aliphatic heterocycles. The van der Waals surface area contributed by atoms with Crippen LogP contribution in [-0.2, 0) is 24.2 Å². The number of benzene rings is 3. The van der Waals surface area contributed by atoms with Gasteiger partial charge in [-0.25, -0.2) is 0 Å². The van der Waals surface area contributed by atoms with E-state index in [0.717, 1.165) is 44.5 Å². The molecule has 1 aromatic heterocycles. The summed E-state index contributed by atoms with van der Waals surface area (Å²) in [6.45, 7) is 3.24. The van der Waals surface area contributed by atoms with Crippen LogP contribution in [0.4, 0.5) is 0 Å². The monoisotopic (exact) mass is 423 g/mol. The molecule has 32 heavy (non-hydrogen) atoms. The quantitative estimate of drug-likeness (QED) is 0.469. The van der Waals surface area contributed by atoms with Crippen molar-refractivity contribution in [2.45, 2.75) is 25.4 Å². The molecule has 2 heterocycles. The molecular formula is C28H29N3O. The molecule has 0 saturated carbocycles. The summed E-state index contributed by atoms with van der Waals surface area (Å²) in [7, 11) is 0. The number of carbonyl (C=O) groups is 1. The van der Waals surface area contributed by atoms with Gasteiger partial charge in [0.1, 0.15) is 0 Å². The predicted octanol–water partition coefficient (Wildman–Crippen LogP) is 4.67. The summed E-state index contributed by atoms with van der Waals surface area (Å²) < 4.78 is 0. The Kier molecular flexibility index (Phi) is 6.04. The maximum Gasteiger partial charge on any atom is 0.240 e. The fourth-order valence-corrected chi connectivity index (χ4v) is 4.75. The van der Waals surface area contributed by atoms with Crippen molar-refractivity contribution in [1.82, 2.24) is 14.8 Å². The van der Waals surface area contributed by atoms with E-state index < -0.39 is 0 Å². The maximum atomic E-state index is 13.7. The molecule has 0 radical (unpaired) electrons. The third kappa shape index (κ3) is 4.46. The predicted molar refractivity (Wildman–Crippen MR) is 129 cm³/mol. The van der Waals surface area contributed by atoms with Gasteiger partial charge < -0.3 is 9.88 Å². The van der Waals surface area contributed by atoms with Crippen molar-refractivity contribution in [1.29, 1.82) is 0 Å². The average molecular weight is 424 g/mol. The van der Waals surface area contributed by atoms with E-state index in [9.17, 15) is 4.79 Å². The standard InChI is InChI=1S/C28H29N3O/c32-28-27(19-24-20-29-26-14-8-7-13-25(24)26)31(21-23-11-5-2-6-12-23)18-17-30(28)16-15-22-9-3-1-4-10-22/h1-14,20,27,29H,15-19,21H2. The molecule has 1 atom stereocenters. The molecule has 1 amide bonds. The first-order chi connectivity index (χ1) is 15.8. The maximum absolute atomic E-state index is 13.7. The van der Waals surface area contributed by atoms with Crippen molar-refractivity contribution >= 4 is 16.8 Å². The van der Waals surface area contributed by atoms with Gasteiger partial charge in [0.05, 0.1) is 6.04 Å². The molecule has 162 valence electrons. The van der Waals surface area contributed by atoms with Gasteiger partial charge >= 0.3 is 0 Å². The highest BCUT2D eigenvalue weighted by atomic mass is 16.2. The Labute approximate surface area is 189 Å². The number of fused-ring (bicyclic) bond motifs is 1. The summed E-state index contributed by atoms with van der Waals surface area (Å²) >= 11 is 0. The Morgan fingerprint density at radius 3 is 2.28 bits per heavy atom. The largest absolute Gasteiger partial charge is 0.361 e. The number of amides is 1. The number of carbonyl (C=O) groups excluding carboxylic acids is 1. The molecule has 0 bridgehead atoms. The van der Waals surface area contributed by atoms with Crippen molar-refractivity contribution in [2.75, 3.05) is 19.6 Å². The molecule has 3 aromatic carbocycles. The number of aromatic nitrogens is 1. The van der Waals surface area contributed by atoms with Crippen LogP contribution in [0.1, 0.15) is 16.7 Å². The van der Waals surface area contributed by atoms with Crippen LogP contribution in [0, 0.1) is 0 Å². The van der Waals surface area contributed by atoms with Crippen LogP contribution in [0.3, 0.4) is 0 Å². The molecule has 4 aromatic rings. The zero-order valence-corrected chi connectivity index (χ0v) is 18.3. The van der Waals surface area contributed by atoms with Gasteiger partial charge in [-0.15, -0.1) is 0 Å². The van der Waals surface area contributed by atoms with Crippen LogP contribution < -0.4 is 0 Å². The zero-order valence-electron chi connectivity index (χ0n) is 18.3. The van der Waals surface area contributed by atoms with E-state index in [1.807, 2.05) is 18.2 Å². The summed E-state index contributed by atoms with van der Waals surface area (Å²) in [5, 5.41) is 1.21. The lowest BCUT2D eigenvalue weighted by molar-refractivity contribution is -0.142. The summed E-state index contributed by atoms with van der Waals surface area (Å²) in [4.78, 5) is 21.5. The number of para-hydroxylation sites is 1. The Hall–Kier alpha value is -3.37. The summed E-state index contributed by atoms with van der Waals surface area (Å²) in [5.74, 6) is 0.244. The number of nitrogens with one attached hydrogen (secondary N) is 1. The normalized spacial score (nSPS) is 17.2. The van der Waals surface area contributed by atoms with Gasteiger partial charge in [-0.1, -0.05) is 78.9 Å². The first-order valence-corrected chi connectivity index (χ1v) is 11.4. The number of piperazine rings is 1. The van der Waals surface area contributed by atoms with Crippen LogP contribution in [0.15, 0.2) is 91.1 Å². The van der Waals surface area contributed by atoms with E-state index in [1.165, 1.54) is 22.1 Å². The van der Waals surface area contributed by atoms with E-state index >= 15 is 0 Å². The first kappa shape index (κ1) is 20.5. The van der Waals surface area contributed by atoms with Crippen molar-refractivity contribution in [3.05, 3.63) is 108 Å². The average Bonchev–Trinajstić information content (AvgIpc) is 3.25. The summed E-state index contributed by atoms with van der Waals surface area (Å²) in [5.41, 5.74) is 4.87. The number of aromatic amines is 1. The summed E-state index contributed by atoms with van der Waals surface area (Å²) in [6.07, 6.45) is 3.68. The Morgan fingerprint density at radius 1 is 0.812 bits per heavy atom. The van der Waals surface area contributed by atoms with E-state index in [-0.39, 0.29) is 11.9 Å².